The van der Waals surface area contributed by atoms with Gasteiger partial charge in [-0.05, 0) is 47.2 Å². The van der Waals surface area contributed by atoms with Gasteiger partial charge in [0.25, 0.3) is 11.6 Å². The quantitative estimate of drug-likeness (QED) is 0.448. The summed E-state index contributed by atoms with van der Waals surface area (Å²) in [6.07, 6.45) is 0. The number of halogens is 1. The first-order valence-electron chi connectivity index (χ1n) is 7.11. The van der Waals surface area contributed by atoms with Crippen molar-refractivity contribution in [3.05, 3.63) is 55.1 Å². The Morgan fingerprint density at radius 2 is 1.88 bits per heavy atom. The van der Waals surface area contributed by atoms with Gasteiger partial charge >= 0.3 is 0 Å². The van der Waals surface area contributed by atoms with Crippen LogP contribution in [0.3, 0.4) is 0 Å². The maximum atomic E-state index is 12.5. The third-order valence-corrected chi connectivity index (χ3v) is 4.69. The molecule has 1 aliphatic heterocycles. The minimum absolute atomic E-state index is 0.0696. The van der Waals surface area contributed by atoms with Crippen LogP contribution >= 0.6 is 22.6 Å². The van der Waals surface area contributed by atoms with Crippen molar-refractivity contribution in [2.24, 2.45) is 0 Å². The highest BCUT2D eigenvalue weighted by Crippen LogP contribution is 2.36. The van der Waals surface area contributed by atoms with Crippen LogP contribution in [0.1, 0.15) is 15.9 Å². The lowest BCUT2D eigenvalue weighted by Gasteiger charge is -2.19. The lowest BCUT2D eigenvalue weighted by molar-refractivity contribution is -0.385. The minimum Gasteiger partial charge on any atom is -0.486 e. The van der Waals surface area contributed by atoms with Crippen LogP contribution in [0.2, 0.25) is 0 Å². The molecule has 0 saturated carbocycles. The van der Waals surface area contributed by atoms with Gasteiger partial charge in [0.05, 0.1) is 11.0 Å². The summed E-state index contributed by atoms with van der Waals surface area (Å²) in [6.45, 7) is 2.61. The largest absolute Gasteiger partial charge is 0.486 e. The highest BCUT2D eigenvalue weighted by Gasteiger charge is 2.26. The van der Waals surface area contributed by atoms with Crippen molar-refractivity contribution in [2.75, 3.05) is 18.5 Å². The van der Waals surface area contributed by atoms with Crippen LogP contribution in [-0.2, 0) is 0 Å². The molecular weight excluding hydrogens is 427 g/mol. The molecule has 1 aliphatic rings. The summed E-state index contributed by atoms with van der Waals surface area (Å²) < 4.78 is 11.7. The van der Waals surface area contributed by atoms with E-state index in [2.05, 4.69) is 27.9 Å². The molecule has 0 spiro atoms. The maximum absolute atomic E-state index is 12.5. The van der Waals surface area contributed by atoms with Gasteiger partial charge in [-0.2, -0.15) is 0 Å². The fourth-order valence-corrected chi connectivity index (χ4v) is 2.80. The first-order chi connectivity index (χ1) is 11.5. The molecule has 1 N–H and O–H groups in total. The highest BCUT2D eigenvalue weighted by molar-refractivity contribution is 14.1. The summed E-state index contributed by atoms with van der Waals surface area (Å²) in [5, 5.41) is 14.0. The van der Waals surface area contributed by atoms with E-state index in [9.17, 15) is 14.9 Å². The molecule has 0 aliphatic carbocycles. The molecule has 2 aromatic rings. The average Bonchev–Trinajstić information content (AvgIpc) is 2.57. The Morgan fingerprint density at radius 1 is 1.21 bits per heavy atom. The lowest BCUT2D eigenvalue weighted by Crippen LogP contribution is -2.18. The van der Waals surface area contributed by atoms with Crippen LogP contribution in [0, 0.1) is 20.6 Å². The van der Waals surface area contributed by atoms with Gasteiger partial charge in [0.2, 0.25) is 0 Å². The molecule has 0 saturated heterocycles. The van der Waals surface area contributed by atoms with Crippen molar-refractivity contribution < 1.29 is 19.2 Å². The van der Waals surface area contributed by atoms with E-state index in [4.69, 9.17) is 9.47 Å². The predicted octanol–water partition coefficient (Wildman–Crippen LogP) is 3.53. The first kappa shape index (κ1) is 16.5. The topological polar surface area (TPSA) is 90.7 Å². The monoisotopic (exact) mass is 440 g/mol. The summed E-state index contributed by atoms with van der Waals surface area (Å²) in [5.74, 6) is 0.0307. The second-order valence-corrected chi connectivity index (χ2v) is 6.35. The number of hydrogen-bond acceptors (Lipinski definition) is 5. The summed E-state index contributed by atoms with van der Waals surface area (Å²) in [5.41, 5.74) is 1.26. The first-order valence-corrected chi connectivity index (χ1v) is 8.19. The lowest BCUT2D eigenvalue weighted by atomic mass is 10.1. The van der Waals surface area contributed by atoms with Crippen molar-refractivity contribution in [1.29, 1.82) is 0 Å². The van der Waals surface area contributed by atoms with Crippen molar-refractivity contribution in [3.8, 4) is 11.5 Å². The van der Waals surface area contributed by atoms with Crippen LogP contribution in [0.5, 0.6) is 11.5 Å². The molecule has 8 heteroatoms. The van der Waals surface area contributed by atoms with Crippen molar-refractivity contribution in [1.82, 2.24) is 0 Å². The number of rotatable bonds is 3. The molecule has 24 heavy (non-hydrogen) atoms. The molecule has 1 amide bonds. The SMILES string of the molecule is Cc1ccc(NC(=O)c2cc3c(cc2[N+](=O)[O-])OCCO3)cc1I. The van der Waals surface area contributed by atoms with Gasteiger partial charge < -0.3 is 14.8 Å². The van der Waals surface area contributed by atoms with Crippen LogP contribution in [-0.4, -0.2) is 24.0 Å². The van der Waals surface area contributed by atoms with Crippen molar-refractivity contribution >= 4 is 39.9 Å². The van der Waals surface area contributed by atoms with Gasteiger partial charge in [0.1, 0.15) is 18.8 Å². The number of hydrogen-bond donors (Lipinski definition) is 1. The van der Waals surface area contributed by atoms with E-state index in [1.165, 1.54) is 12.1 Å². The van der Waals surface area contributed by atoms with Gasteiger partial charge in [0, 0.05) is 15.3 Å². The van der Waals surface area contributed by atoms with Gasteiger partial charge in [-0.3, -0.25) is 14.9 Å². The third kappa shape index (κ3) is 3.28. The Kier molecular flexibility index (Phi) is 4.56. The molecule has 3 rings (SSSR count). The smallest absolute Gasteiger partial charge is 0.286 e. The van der Waals surface area contributed by atoms with E-state index >= 15 is 0 Å². The van der Waals surface area contributed by atoms with E-state index < -0.39 is 10.8 Å². The van der Waals surface area contributed by atoms with Crippen molar-refractivity contribution in [2.45, 2.75) is 6.92 Å². The number of ether oxygens (including phenoxy) is 2. The normalized spacial score (nSPS) is 12.6. The van der Waals surface area contributed by atoms with E-state index in [0.29, 0.717) is 24.7 Å². The molecule has 0 aromatic heterocycles. The maximum Gasteiger partial charge on any atom is 0.286 e. The van der Waals surface area contributed by atoms with Gasteiger partial charge in [-0.1, -0.05) is 6.07 Å². The summed E-state index contributed by atoms with van der Waals surface area (Å²) in [6, 6.07) is 8.00. The van der Waals surface area contributed by atoms with E-state index in [-0.39, 0.29) is 17.0 Å². The van der Waals surface area contributed by atoms with E-state index in [1.807, 2.05) is 13.0 Å². The number of fused-ring (bicyclic) bond motifs is 1. The minimum atomic E-state index is -0.605. The molecule has 2 aromatic carbocycles. The third-order valence-electron chi connectivity index (χ3n) is 3.53. The molecule has 124 valence electrons. The number of nitrogens with one attached hydrogen (secondary N) is 1. The summed E-state index contributed by atoms with van der Waals surface area (Å²) in [4.78, 5) is 23.2. The number of aryl methyl sites for hydroxylation is 1. The molecular formula is C16H13IN2O5. The molecule has 0 unspecified atom stereocenters. The fraction of sp³-hybridized carbons (Fsp3) is 0.188. The average molecular weight is 440 g/mol. The fourth-order valence-electron chi connectivity index (χ4n) is 2.28. The predicted molar refractivity (Wildman–Crippen MR) is 95.9 cm³/mol. The number of anilines is 1. The van der Waals surface area contributed by atoms with Crippen LogP contribution < -0.4 is 14.8 Å². The number of nitrogens with zero attached hydrogens (tertiary/aromatic N) is 1. The number of benzene rings is 2. The Labute approximate surface area is 151 Å². The molecule has 0 fully saturated rings. The zero-order valence-electron chi connectivity index (χ0n) is 12.7. The molecule has 0 radical (unpaired) electrons. The number of carbonyl (C=O) groups excluding carboxylic acids is 1. The standard InChI is InChI=1S/C16H13IN2O5/c1-9-2-3-10(6-12(9)17)18-16(20)11-7-14-15(24-5-4-23-14)8-13(11)19(21)22/h2-3,6-8H,4-5H2,1H3,(H,18,20). The van der Waals surface area contributed by atoms with Gasteiger partial charge in [-0.15, -0.1) is 0 Å². The zero-order valence-corrected chi connectivity index (χ0v) is 14.8. The zero-order chi connectivity index (χ0) is 17.3. The molecule has 0 atom stereocenters. The Balaban J connectivity index is 1.96. The highest BCUT2D eigenvalue weighted by atomic mass is 127. The van der Waals surface area contributed by atoms with Gasteiger partial charge in [0.15, 0.2) is 11.5 Å². The second kappa shape index (κ2) is 6.63. The summed E-state index contributed by atoms with van der Waals surface area (Å²) in [7, 11) is 0. The molecule has 7 nitrogen and oxygen atoms in total. The van der Waals surface area contributed by atoms with Crippen LogP contribution in [0.25, 0.3) is 0 Å². The van der Waals surface area contributed by atoms with E-state index in [1.54, 1.807) is 12.1 Å². The van der Waals surface area contributed by atoms with Crippen LogP contribution in [0.4, 0.5) is 11.4 Å². The number of carbonyl (C=O) groups is 1. The molecule has 1 heterocycles. The number of nitro groups is 1. The number of nitro benzene ring substituents is 1. The Hall–Kier alpha value is -2.36. The molecule has 0 bridgehead atoms. The van der Waals surface area contributed by atoms with Crippen molar-refractivity contribution in [3.63, 3.8) is 0 Å². The van der Waals surface area contributed by atoms with Crippen LogP contribution in [0.15, 0.2) is 30.3 Å². The van der Waals surface area contributed by atoms with E-state index in [0.717, 1.165) is 9.13 Å². The van der Waals surface area contributed by atoms with Gasteiger partial charge in [-0.25, -0.2) is 0 Å². The summed E-state index contributed by atoms with van der Waals surface area (Å²) >= 11 is 2.16. The number of amides is 1. The second-order valence-electron chi connectivity index (χ2n) is 5.19. The Morgan fingerprint density at radius 3 is 2.50 bits per heavy atom. The Bertz CT molecular complexity index is 837.